The molecule has 1 heterocycles. The third kappa shape index (κ3) is 5.58. The molecule has 1 fully saturated rings. The first-order chi connectivity index (χ1) is 14.3. The van der Waals surface area contributed by atoms with Crippen molar-refractivity contribution in [3.8, 4) is 0 Å². The third-order valence-electron chi connectivity index (χ3n) is 4.36. The van der Waals surface area contributed by atoms with E-state index in [1.165, 1.54) is 17.0 Å². The molecule has 1 aliphatic heterocycles. The molecular formula is C20H17BrClN3O5. The van der Waals surface area contributed by atoms with E-state index in [4.69, 9.17) is 16.3 Å². The molecule has 0 spiro atoms. The van der Waals surface area contributed by atoms with Gasteiger partial charge in [0.1, 0.15) is 0 Å². The summed E-state index contributed by atoms with van der Waals surface area (Å²) in [6.45, 7) is -0.406. The van der Waals surface area contributed by atoms with Gasteiger partial charge in [0, 0.05) is 33.7 Å². The van der Waals surface area contributed by atoms with E-state index < -0.39 is 30.3 Å². The number of hydrogen-bond donors (Lipinski definition) is 2. The summed E-state index contributed by atoms with van der Waals surface area (Å²) >= 11 is 9.08. The van der Waals surface area contributed by atoms with Crippen molar-refractivity contribution in [2.24, 2.45) is 5.92 Å². The zero-order chi connectivity index (χ0) is 21.7. The molecule has 1 aliphatic rings. The van der Waals surface area contributed by atoms with E-state index in [0.717, 1.165) is 4.47 Å². The highest BCUT2D eigenvalue weighted by molar-refractivity contribution is 9.10. The average Bonchev–Trinajstić information content (AvgIpc) is 3.13. The van der Waals surface area contributed by atoms with E-state index in [0.29, 0.717) is 16.3 Å². The van der Waals surface area contributed by atoms with Crippen LogP contribution in [0.15, 0.2) is 53.0 Å². The van der Waals surface area contributed by atoms with Crippen molar-refractivity contribution in [1.29, 1.82) is 0 Å². The van der Waals surface area contributed by atoms with Crippen molar-refractivity contribution >= 4 is 56.9 Å². The van der Waals surface area contributed by atoms with Gasteiger partial charge in [-0.1, -0.05) is 27.5 Å². The van der Waals surface area contributed by atoms with Gasteiger partial charge in [-0.25, -0.2) is 0 Å². The van der Waals surface area contributed by atoms with Crippen LogP contribution in [0.2, 0.25) is 5.02 Å². The third-order valence-corrected chi connectivity index (χ3v) is 5.14. The predicted molar refractivity (Wildman–Crippen MR) is 113 cm³/mol. The number of esters is 1. The second kappa shape index (κ2) is 9.73. The average molecular weight is 495 g/mol. The zero-order valence-electron chi connectivity index (χ0n) is 15.6. The van der Waals surface area contributed by atoms with E-state index in [1.54, 1.807) is 36.4 Å². The number of ether oxygens (including phenoxy) is 1. The number of rotatable bonds is 5. The number of nitrogens with zero attached hydrogens (tertiary/aromatic N) is 1. The standard InChI is InChI=1S/C20H17BrClN3O5/c21-14-3-7-16(8-4-14)25-10-13(9-18(25)27)20(29)30-11-17(26)23-24-19(28)12-1-5-15(22)6-2-12/h1-8,13H,9-11H2,(H,23,26)(H,24,28)/t13-/m0/s1. The number of nitrogens with one attached hydrogen (secondary N) is 2. The van der Waals surface area contributed by atoms with Gasteiger partial charge in [0.15, 0.2) is 6.61 Å². The van der Waals surface area contributed by atoms with E-state index in [1.807, 2.05) is 0 Å². The molecule has 0 aliphatic carbocycles. The van der Waals surface area contributed by atoms with Crippen molar-refractivity contribution in [3.63, 3.8) is 0 Å². The molecule has 30 heavy (non-hydrogen) atoms. The number of benzene rings is 2. The monoisotopic (exact) mass is 493 g/mol. The lowest BCUT2D eigenvalue weighted by Crippen LogP contribution is -2.43. The minimum absolute atomic E-state index is 0.00379. The Morgan fingerprint density at radius 3 is 2.40 bits per heavy atom. The number of carbonyl (C=O) groups is 4. The normalized spacial score (nSPS) is 15.6. The molecule has 0 radical (unpaired) electrons. The number of hydrazine groups is 1. The summed E-state index contributed by atoms with van der Waals surface area (Å²) in [5.41, 5.74) is 5.35. The fourth-order valence-electron chi connectivity index (χ4n) is 2.83. The number of hydrogen-bond acceptors (Lipinski definition) is 5. The first-order valence-electron chi connectivity index (χ1n) is 8.91. The van der Waals surface area contributed by atoms with Gasteiger partial charge in [0.05, 0.1) is 5.92 Å². The van der Waals surface area contributed by atoms with Gasteiger partial charge in [-0.15, -0.1) is 0 Å². The highest BCUT2D eigenvalue weighted by atomic mass is 79.9. The van der Waals surface area contributed by atoms with E-state index >= 15 is 0 Å². The summed E-state index contributed by atoms with van der Waals surface area (Å²) < 4.78 is 5.86. The van der Waals surface area contributed by atoms with Crippen LogP contribution in [-0.4, -0.2) is 36.8 Å². The van der Waals surface area contributed by atoms with Crippen LogP contribution in [0, 0.1) is 5.92 Å². The van der Waals surface area contributed by atoms with Gasteiger partial charge in [0.2, 0.25) is 5.91 Å². The Morgan fingerprint density at radius 2 is 1.73 bits per heavy atom. The first-order valence-corrected chi connectivity index (χ1v) is 10.1. The Hall–Kier alpha value is -2.91. The highest BCUT2D eigenvalue weighted by Gasteiger charge is 2.36. The zero-order valence-corrected chi connectivity index (χ0v) is 17.9. The van der Waals surface area contributed by atoms with Crippen LogP contribution in [0.1, 0.15) is 16.8 Å². The molecule has 1 saturated heterocycles. The van der Waals surface area contributed by atoms with Crippen molar-refractivity contribution in [3.05, 3.63) is 63.6 Å². The predicted octanol–water partition coefficient (Wildman–Crippen LogP) is 2.46. The Morgan fingerprint density at radius 1 is 1.07 bits per heavy atom. The Bertz CT molecular complexity index is 965. The lowest BCUT2D eigenvalue weighted by molar-refractivity contribution is -0.152. The lowest BCUT2D eigenvalue weighted by Gasteiger charge is -2.16. The van der Waals surface area contributed by atoms with Gasteiger partial charge >= 0.3 is 5.97 Å². The van der Waals surface area contributed by atoms with Crippen molar-refractivity contribution < 1.29 is 23.9 Å². The Labute approximate surface area is 185 Å². The highest BCUT2D eigenvalue weighted by Crippen LogP contribution is 2.27. The van der Waals surface area contributed by atoms with Gasteiger partial charge in [-0.3, -0.25) is 30.0 Å². The summed E-state index contributed by atoms with van der Waals surface area (Å²) in [5, 5.41) is 0.478. The van der Waals surface area contributed by atoms with Crippen LogP contribution in [0.4, 0.5) is 5.69 Å². The summed E-state index contributed by atoms with van der Waals surface area (Å²) in [4.78, 5) is 49.7. The fourth-order valence-corrected chi connectivity index (χ4v) is 3.22. The van der Waals surface area contributed by atoms with Crippen molar-refractivity contribution in [2.75, 3.05) is 18.1 Å². The molecular weight excluding hydrogens is 478 g/mol. The maximum Gasteiger partial charge on any atom is 0.311 e. The number of carbonyl (C=O) groups excluding carboxylic acids is 4. The molecule has 3 rings (SSSR count). The molecule has 0 unspecified atom stereocenters. The summed E-state index contributed by atoms with van der Waals surface area (Å²) in [7, 11) is 0. The van der Waals surface area contributed by atoms with Gasteiger partial charge in [-0.2, -0.15) is 0 Å². The van der Waals surface area contributed by atoms with E-state index in [-0.39, 0.29) is 18.9 Å². The maximum atomic E-state index is 12.2. The smallest absolute Gasteiger partial charge is 0.311 e. The Balaban J connectivity index is 1.44. The SMILES string of the molecule is O=C(COC(=O)[C@H]1CC(=O)N(c2ccc(Br)cc2)C1)NNC(=O)c1ccc(Cl)cc1. The molecule has 1 atom stereocenters. The first kappa shape index (κ1) is 21.8. The second-order valence-corrected chi connectivity index (χ2v) is 7.85. The quantitative estimate of drug-likeness (QED) is 0.491. The van der Waals surface area contributed by atoms with Gasteiger partial charge in [-0.05, 0) is 48.5 Å². The topological polar surface area (TPSA) is 105 Å². The molecule has 2 N–H and O–H groups in total. The Kier molecular flexibility index (Phi) is 7.07. The van der Waals surface area contributed by atoms with Gasteiger partial charge in [0.25, 0.3) is 11.8 Å². The van der Waals surface area contributed by atoms with Crippen LogP contribution in [0.3, 0.4) is 0 Å². The number of amides is 3. The van der Waals surface area contributed by atoms with E-state index in [9.17, 15) is 19.2 Å². The van der Waals surface area contributed by atoms with Crippen LogP contribution in [-0.2, 0) is 19.1 Å². The van der Waals surface area contributed by atoms with Crippen molar-refractivity contribution in [2.45, 2.75) is 6.42 Å². The largest absolute Gasteiger partial charge is 0.455 e. The molecule has 0 aromatic heterocycles. The molecule has 0 saturated carbocycles. The van der Waals surface area contributed by atoms with Crippen LogP contribution >= 0.6 is 27.5 Å². The molecule has 8 nitrogen and oxygen atoms in total. The molecule has 2 aromatic carbocycles. The van der Waals surface area contributed by atoms with Crippen molar-refractivity contribution in [1.82, 2.24) is 10.9 Å². The van der Waals surface area contributed by atoms with Crippen LogP contribution < -0.4 is 15.8 Å². The minimum atomic E-state index is -0.709. The molecule has 156 valence electrons. The van der Waals surface area contributed by atoms with Gasteiger partial charge < -0.3 is 9.64 Å². The fraction of sp³-hybridized carbons (Fsp3) is 0.200. The van der Waals surface area contributed by atoms with Crippen LogP contribution in [0.25, 0.3) is 0 Å². The lowest BCUT2D eigenvalue weighted by atomic mass is 10.1. The molecule has 10 heteroatoms. The van der Waals surface area contributed by atoms with Crippen LogP contribution in [0.5, 0.6) is 0 Å². The second-order valence-electron chi connectivity index (χ2n) is 6.50. The molecule has 0 bridgehead atoms. The molecule has 3 amide bonds. The summed E-state index contributed by atoms with van der Waals surface area (Å²) in [5.74, 6) is -2.77. The van der Waals surface area contributed by atoms with E-state index in [2.05, 4.69) is 26.8 Å². The number of halogens is 2. The number of anilines is 1. The minimum Gasteiger partial charge on any atom is -0.455 e. The summed E-state index contributed by atoms with van der Waals surface area (Å²) in [6.07, 6.45) is 0.00379. The maximum absolute atomic E-state index is 12.2. The summed E-state index contributed by atoms with van der Waals surface area (Å²) in [6, 6.07) is 13.2. The molecule has 2 aromatic rings.